The second kappa shape index (κ2) is 8.09. The van der Waals surface area contributed by atoms with Crippen molar-refractivity contribution in [3.8, 4) is 11.5 Å². The highest BCUT2D eigenvalue weighted by molar-refractivity contribution is 5.95. The van der Waals surface area contributed by atoms with Crippen LogP contribution in [-0.4, -0.2) is 49.7 Å². The summed E-state index contributed by atoms with van der Waals surface area (Å²) in [5, 5.41) is 3.61. The van der Waals surface area contributed by atoms with E-state index in [9.17, 15) is 4.79 Å². The Hall–Kier alpha value is -1.75. The molecular formula is C20H30N2O3. The third-order valence-corrected chi connectivity index (χ3v) is 5.17. The minimum atomic E-state index is 0.0846. The van der Waals surface area contributed by atoms with Crippen molar-refractivity contribution in [3.63, 3.8) is 0 Å². The molecule has 2 aliphatic rings. The summed E-state index contributed by atoms with van der Waals surface area (Å²) in [6.45, 7) is 6.62. The van der Waals surface area contributed by atoms with Crippen LogP contribution in [0.4, 0.5) is 0 Å². The molecule has 2 aliphatic heterocycles. The summed E-state index contributed by atoms with van der Waals surface area (Å²) in [6, 6.07) is 6.54. The van der Waals surface area contributed by atoms with Crippen molar-refractivity contribution < 1.29 is 14.3 Å². The molecule has 2 heterocycles. The molecule has 0 aliphatic carbocycles. The molecule has 5 nitrogen and oxygen atoms in total. The summed E-state index contributed by atoms with van der Waals surface area (Å²) in [6.07, 6.45) is 4.44. The standard InChI is InChI=1S/C20H30N2O3/c1-14(2)9-11-25-18-7-4-15(12-19(18)24-3)20(23)22-10-8-16-5-6-17(13-22)21-16/h4,7,12,14,16-17,21H,5-6,8-11,13H2,1-3H3. The molecule has 1 aromatic carbocycles. The van der Waals surface area contributed by atoms with Crippen LogP contribution >= 0.6 is 0 Å². The normalized spacial score (nSPS) is 22.8. The van der Waals surface area contributed by atoms with E-state index < -0.39 is 0 Å². The fourth-order valence-electron chi connectivity index (χ4n) is 3.63. The van der Waals surface area contributed by atoms with Crippen LogP contribution in [0.2, 0.25) is 0 Å². The van der Waals surface area contributed by atoms with Gasteiger partial charge >= 0.3 is 0 Å². The van der Waals surface area contributed by atoms with Gasteiger partial charge in [-0.15, -0.1) is 0 Å². The minimum absolute atomic E-state index is 0.0846. The van der Waals surface area contributed by atoms with E-state index in [0.29, 0.717) is 41.7 Å². The summed E-state index contributed by atoms with van der Waals surface area (Å²) in [4.78, 5) is 14.9. The first-order valence-corrected chi connectivity index (χ1v) is 9.43. The summed E-state index contributed by atoms with van der Waals surface area (Å²) in [5.74, 6) is 2.01. The van der Waals surface area contributed by atoms with E-state index in [1.807, 2.05) is 23.1 Å². The van der Waals surface area contributed by atoms with E-state index in [1.54, 1.807) is 7.11 Å². The van der Waals surface area contributed by atoms with Crippen LogP contribution in [0.15, 0.2) is 18.2 Å². The van der Waals surface area contributed by atoms with Gasteiger partial charge < -0.3 is 19.7 Å². The highest BCUT2D eigenvalue weighted by Gasteiger charge is 2.31. The van der Waals surface area contributed by atoms with Crippen molar-refractivity contribution in [1.82, 2.24) is 10.2 Å². The van der Waals surface area contributed by atoms with Crippen molar-refractivity contribution in [2.45, 2.75) is 51.6 Å². The zero-order chi connectivity index (χ0) is 17.8. The molecule has 2 unspecified atom stereocenters. The van der Waals surface area contributed by atoms with E-state index in [2.05, 4.69) is 19.2 Å². The number of hydrogen-bond acceptors (Lipinski definition) is 4. The SMILES string of the molecule is COc1cc(C(=O)N2CCC3CCC(C2)N3)ccc1OCCC(C)C. The van der Waals surface area contributed by atoms with Crippen molar-refractivity contribution in [2.75, 3.05) is 26.8 Å². The average Bonchev–Trinajstić information content (AvgIpc) is 2.93. The third-order valence-electron chi connectivity index (χ3n) is 5.17. The molecule has 2 saturated heterocycles. The zero-order valence-corrected chi connectivity index (χ0v) is 15.6. The monoisotopic (exact) mass is 346 g/mol. The maximum absolute atomic E-state index is 12.9. The molecule has 1 amide bonds. The average molecular weight is 346 g/mol. The van der Waals surface area contributed by atoms with Gasteiger partial charge in [-0.3, -0.25) is 4.79 Å². The predicted molar refractivity (Wildman–Crippen MR) is 98.4 cm³/mol. The Morgan fingerprint density at radius 1 is 1.24 bits per heavy atom. The summed E-state index contributed by atoms with van der Waals surface area (Å²) in [7, 11) is 1.62. The fraction of sp³-hybridized carbons (Fsp3) is 0.650. The summed E-state index contributed by atoms with van der Waals surface area (Å²) in [5.41, 5.74) is 0.672. The van der Waals surface area contributed by atoms with Crippen molar-refractivity contribution >= 4 is 5.91 Å². The number of nitrogens with one attached hydrogen (secondary N) is 1. The van der Waals surface area contributed by atoms with Crippen LogP contribution in [0.5, 0.6) is 11.5 Å². The quantitative estimate of drug-likeness (QED) is 0.860. The number of ether oxygens (including phenoxy) is 2. The molecule has 5 heteroatoms. The molecule has 2 bridgehead atoms. The van der Waals surface area contributed by atoms with Gasteiger partial charge in [-0.05, 0) is 49.8 Å². The molecule has 0 aromatic heterocycles. The Balaban J connectivity index is 1.68. The largest absolute Gasteiger partial charge is 0.493 e. The van der Waals surface area contributed by atoms with E-state index in [-0.39, 0.29) is 5.91 Å². The van der Waals surface area contributed by atoms with Gasteiger partial charge in [0.25, 0.3) is 5.91 Å². The molecule has 2 fully saturated rings. The smallest absolute Gasteiger partial charge is 0.254 e. The summed E-state index contributed by atoms with van der Waals surface area (Å²) < 4.78 is 11.3. The fourth-order valence-corrected chi connectivity index (χ4v) is 3.63. The Morgan fingerprint density at radius 2 is 2.04 bits per heavy atom. The first-order chi connectivity index (χ1) is 12.1. The number of carbonyl (C=O) groups is 1. The zero-order valence-electron chi connectivity index (χ0n) is 15.6. The third kappa shape index (κ3) is 4.46. The van der Waals surface area contributed by atoms with Gasteiger partial charge in [0.2, 0.25) is 0 Å². The lowest BCUT2D eigenvalue weighted by Gasteiger charge is -2.24. The Bertz CT molecular complexity index is 603. The second-order valence-electron chi connectivity index (χ2n) is 7.57. The van der Waals surface area contributed by atoms with Crippen LogP contribution in [0.3, 0.4) is 0 Å². The van der Waals surface area contributed by atoms with Gasteiger partial charge in [0.15, 0.2) is 11.5 Å². The maximum Gasteiger partial charge on any atom is 0.254 e. The number of rotatable bonds is 6. The van der Waals surface area contributed by atoms with Gasteiger partial charge in [-0.25, -0.2) is 0 Å². The number of nitrogens with zero attached hydrogens (tertiary/aromatic N) is 1. The van der Waals surface area contributed by atoms with Crippen molar-refractivity contribution in [3.05, 3.63) is 23.8 Å². The molecule has 25 heavy (non-hydrogen) atoms. The van der Waals surface area contributed by atoms with Gasteiger partial charge in [0.05, 0.1) is 13.7 Å². The van der Waals surface area contributed by atoms with Gasteiger partial charge in [-0.1, -0.05) is 13.8 Å². The lowest BCUT2D eigenvalue weighted by molar-refractivity contribution is 0.0747. The Kier molecular flexibility index (Phi) is 5.84. The molecule has 3 rings (SSSR count). The molecule has 138 valence electrons. The van der Waals surface area contributed by atoms with E-state index in [1.165, 1.54) is 12.8 Å². The van der Waals surface area contributed by atoms with Crippen molar-refractivity contribution in [2.24, 2.45) is 5.92 Å². The second-order valence-corrected chi connectivity index (χ2v) is 7.57. The first-order valence-electron chi connectivity index (χ1n) is 9.43. The van der Waals surface area contributed by atoms with Crippen molar-refractivity contribution in [1.29, 1.82) is 0 Å². The molecule has 2 atom stereocenters. The molecule has 1 aromatic rings. The lowest BCUT2D eigenvalue weighted by Crippen LogP contribution is -2.39. The van der Waals surface area contributed by atoms with Gasteiger partial charge in [0, 0.05) is 30.7 Å². The summed E-state index contributed by atoms with van der Waals surface area (Å²) >= 11 is 0. The molecular weight excluding hydrogens is 316 g/mol. The number of benzene rings is 1. The molecule has 0 spiro atoms. The van der Waals surface area contributed by atoms with Crippen LogP contribution in [-0.2, 0) is 0 Å². The molecule has 0 radical (unpaired) electrons. The number of fused-ring (bicyclic) bond motifs is 2. The molecule has 0 saturated carbocycles. The number of hydrogen-bond donors (Lipinski definition) is 1. The first kappa shape index (κ1) is 18.1. The van der Waals surface area contributed by atoms with Crippen LogP contribution in [0, 0.1) is 5.92 Å². The highest BCUT2D eigenvalue weighted by atomic mass is 16.5. The van der Waals surface area contributed by atoms with Crippen LogP contribution in [0.1, 0.15) is 49.9 Å². The van der Waals surface area contributed by atoms with Crippen LogP contribution in [0.25, 0.3) is 0 Å². The van der Waals surface area contributed by atoms with E-state index in [0.717, 1.165) is 25.9 Å². The lowest BCUT2D eigenvalue weighted by atomic mass is 10.1. The van der Waals surface area contributed by atoms with Gasteiger partial charge in [0.1, 0.15) is 0 Å². The maximum atomic E-state index is 12.9. The number of amides is 1. The minimum Gasteiger partial charge on any atom is -0.493 e. The Morgan fingerprint density at radius 3 is 2.80 bits per heavy atom. The number of methoxy groups -OCH3 is 1. The predicted octanol–water partition coefficient (Wildman–Crippen LogP) is 3.09. The van der Waals surface area contributed by atoms with Crippen LogP contribution < -0.4 is 14.8 Å². The van der Waals surface area contributed by atoms with E-state index >= 15 is 0 Å². The Labute approximate surface area is 150 Å². The highest BCUT2D eigenvalue weighted by Crippen LogP contribution is 2.29. The number of likely N-dealkylation sites (tertiary alicyclic amines) is 1. The van der Waals surface area contributed by atoms with Gasteiger partial charge in [-0.2, -0.15) is 0 Å². The topological polar surface area (TPSA) is 50.8 Å². The van der Waals surface area contributed by atoms with E-state index in [4.69, 9.17) is 9.47 Å². The number of carbonyl (C=O) groups excluding carboxylic acids is 1. The molecule has 1 N–H and O–H groups in total.